The minimum absolute atomic E-state index is 0.234. The first-order chi connectivity index (χ1) is 4.35. The topological polar surface area (TPSA) is 12.0 Å². The number of rotatable bonds is 4. The lowest BCUT2D eigenvalue weighted by molar-refractivity contribution is 0.669. The van der Waals surface area contributed by atoms with E-state index in [1.165, 1.54) is 0 Å². The number of allylic oxidation sites excluding steroid dienone is 1. The molecule has 0 rings (SSSR count). The van der Waals surface area contributed by atoms with Crippen LogP contribution in [0.2, 0.25) is 0 Å². The summed E-state index contributed by atoms with van der Waals surface area (Å²) in [6, 6.07) is 0. The van der Waals surface area contributed by atoms with Crippen LogP contribution in [0.5, 0.6) is 0 Å². The van der Waals surface area contributed by atoms with Crippen molar-refractivity contribution in [1.29, 1.82) is 0 Å². The van der Waals surface area contributed by atoms with E-state index in [0.717, 1.165) is 13.0 Å². The fourth-order valence-corrected chi connectivity index (χ4v) is 0.569. The minimum Gasteiger partial charge on any atom is -0.320 e. The van der Waals surface area contributed by atoms with Crippen molar-refractivity contribution in [1.82, 2.24) is 5.32 Å². The Bertz CT molecular complexity index is 110. The highest BCUT2D eigenvalue weighted by Gasteiger charge is 1.95. The summed E-state index contributed by atoms with van der Waals surface area (Å²) in [4.78, 5) is 0. The van der Waals surface area contributed by atoms with Crippen LogP contribution in [-0.2, 0) is 0 Å². The van der Waals surface area contributed by atoms with Gasteiger partial charge in [-0.25, -0.2) is 0 Å². The molecule has 0 heterocycles. The second kappa shape index (κ2) is 5.40. The van der Waals surface area contributed by atoms with Crippen molar-refractivity contribution in [3.63, 3.8) is 0 Å². The van der Waals surface area contributed by atoms with Gasteiger partial charge in [-0.05, 0) is 20.0 Å². The highest BCUT2D eigenvalue weighted by molar-refractivity contribution is 5.01. The number of nitrogens with one attached hydrogen (secondary N) is 1. The van der Waals surface area contributed by atoms with Gasteiger partial charge < -0.3 is 5.32 Å². The van der Waals surface area contributed by atoms with Crippen molar-refractivity contribution in [3.05, 3.63) is 12.7 Å². The third-order valence-corrected chi connectivity index (χ3v) is 1.20. The Labute approximate surface area is 57.2 Å². The third kappa shape index (κ3) is 3.81. The van der Waals surface area contributed by atoms with E-state index >= 15 is 0 Å². The molecule has 0 spiro atoms. The summed E-state index contributed by atoms with van der Waals surface area (Å²) in [6.07, 6.45) is 7.96. The molecule has 0 aromatic carbocycles. The van der Waals surface area contributed by atoms with Gasteiger partial charge in [0.2, 0.25) is 0 Å². The summed E-state index contributed by atoms with van der Waals surface area (Å²) in [6.45, 7) is 4.57. The van der Waals surface area contributed by atoms with E-state index < -0.39 is 0 Å². The normalized spacial score (nSPS) is 12.0. The highest BCUT2D eigenvalue weighted by Crippen LogP contribution is 1.99. The van der Waals surface area contributed by atoms with Crippen LogP contribution in [0.4, 0.5) is 0 Å². The molecular formula is C8H13N. The number of hydrogen-bond donors (Lipinski definition) is 1. The van der Waals surface area contributed by atoms with Gasteiger partial charge in [-0.2, -0.15) is 0 Å². The zero-order valence-corrected chi connectivity index (χ0v) is 5.85. The molecule has 0 amide bonds. The van der Waals surface area contributed by atoms with Crippen LogP contribution >= 0.6 is 0 Å². The Morgan fingerprint density at radius 3 is 2.89 bits per heavy atom. The lowest BCUT2D eigenvalue weighted by Gasteiger charge is -2.01. The fraction of sp³-hybridized carbons (Fsp3) is 0.500. The van der Waals surface area contributed by atoms with Crippen molar-refractivity contribution >= 4 is 0 Å². The molecule has 9 heavy (non-hydrogen) atoms. The molecule has 0 aliphatic rings. The standard InChI is InChI=1S/C8H13N/c1-4-8(5-2)6-7-9-3/h1,5,8-9H,2,6-7H2,3H3. The van der Waals surface area contributed by atoms with Gasteiger partial charge in [0.15, 0.2) is 0 Å². The maximum atomic E-state index is 5.18. The average molecular weight is 123 g/mol. The van der Waals surface area contributed by atoms with Crippen molar-refractivity contribution < 1.29 is 0 Å². The SMILES string of the molecule is C#CC(C=C)CCNC. The lowest BCUT2D eigenvalue weighted by atomic mass is 10.1. The van der Waals surface area contributed by atoms with Crippen LogP contribution < -0.4 is 5.32 Å². The van der Waals surface area contributed by atoms with Gasteiger partial charge in [-0.3, -0.25) is 0 Å². The van der Waals surface area contributed by atoms with E-state index in [1.807, 2.05) is 7.05 Å². The third-order valence-electron chi connectivity index (χ3n) is 1.20. The molecule has 0 fully saturated rings. The lowest BCUT2D eigenvalue weighted by Crippen LogP contribution is -2.10. The van der Waals surface area contributed by atoms with Gasteiger partial charge in [0.05, 0.1) is 0 Å². The molecule has 0 radical (unpaired) electrons. The van der Waals surface area contributed by atoms with Crippen molar-refractivity contribution in [3.8, 4) is 12.3 Å². The molecule has 0 bridgehead atoms. The Kier molecular flexibility index (Phi) is 4.95. The molecule has 0 saturated heterocycles. The first-order valence-corrected chi connectivity index (χ1v) is 3.08. The molecule has 1 unspecified atom stereocenters. The molecule has 0 aliphatic heterocycles. The van der Waals surface area contributed by atoms with Crippen LogP contribution in [0, 0.1) is 18.3 Å². The Morgan fingerprint density at radius 1 is 1.89 bits per heavy atom. The van der Waals surface area contributed by atoms with E-state index in [4.69, 9.17) is 6.42 Å². The van der Waals surface area contributed by atoms with E-state index in [0.29, 0.717) is 0 Å². The molecule has 0 aromatic rings. The first kappa shape index (κ1) is 8.26. The zero-order valence-electron chi connectivity index (χ0n) is 5.85. The van der Waals surface area contributed by atoms with Gasteiger partial charge in [0, 0.05) is 5.92 Å². The van der Waals surface area contributed by atoms with Crippen LogP contribution in [0.25, 0.3) is 0 Å². The van der Waals surface area contributed by atoms with Gasteiger partial charge in [-0.15, -0.1) is 13.0 Å². The van der Waals surface area contributed by atoms with Gasteiger partial charge >= 0.3 is 0 Å². The first-order valence-electron chi connectivity index (χ1n) is 3.08. The Hall–Kier alpha value is -0.740. The van der Waals surface area contributed by atoms with Gasteiger partial charge in [-0.1, -0.05) is 12.0 Å². The van der Waals surface area contributed by atoms with Crippen molar-refractivity contribution in [2.24, 2.45) is 5.92 Å². The number of terminal acetylenes is 1. The largest absolute Gasteiger partial charge is 0.320 e. The second-order valence-corrected chi connectivity index (χ2v) is 1.90. The van der Waals surface area contributed by atoms with Gasteiger partial charge in [0.25, 0.3) is 0 Å². The molecule has 1 heteroatoms. The maximum absolute atomic E-state index is 5.18. The van der Waals surface area contributed by atoms with Crippen molar-refractivity contribution in [2.75, 3.05) is 13.6 Å². The van der Waals surface area contributed by atoms with Crippen LogP contribution in [0.15, 0.2) is 12.7 Å². The van der Waals surface area contributed by atoms with Crippen LogP contribution in [-0.4, -0.2) is 13.6 Å². The highest BCUT2D eigenvalue weighted by atomic mass is 14.8. The van der Waals surface area contributed by atoms with Crippen molar-refractivity contribution in [2.45, 2.75) is 6.42 Å². The smallest absolute Gasteiger partial charge is 0.0389 e. The van der Waals surface area contributed by atoms with E-state index in [-0.39, 0.29) is 5.92 Å². The average Bonchev–Trinajstić information content (AvgIpc) is 1.91. The number of hydrogen-bond acceptors (Lipinski definition) is 1. The summed E-state index contributed by atoms with van der Waals surface area (Å²) in [5.41, 5.74) is 0. The molecule has 50 valence electrons. The van der Waals surface area contributed by atoms with Gasteiger partial charge in [0.1, 0.15) is 0 Å². The molecular weight excluding hydrogens is 110 g/mol. The maximum Gasteiger partial charge on any atom is 0.0389 e. The van der Waals surface area contributed by atoms with Crippen LogP contribution in [0.1, 0.15) is 6.42 Å². The summed E-state index contributed by atoms with van der Waals surface area (Å²) in [5, 5.41) is 3.02. The Balaban J connectivity index is 3.34. The monoisotopic (exact) mass is 123 g/mol. The summed E-state index contributed by atoms with van der Waals surface area (Å²) in [7, 11) is 1.91. The minimum atomic E-state index is 0.234. The molecule has 0 aliphatic carbocycles. The molecule has 0 saturated carbocycles. The van der Waals surface area contributed by atoms with E-state index in [9.17, 15) is 0 Å². The summed E-state index contributed by atoms with van der Waals surface area (Å²) in [5.74, 6) is 2.86. The molecule has 1 nitrogen and oxygen atoms in total. The summed E-state index contributed by atoms with van der Waals surface area (Å²) < 4.78 is 0. The quantitative estimate of drug-likeness (QED) is 0.435. The van der Waals surface area contributed by atoms with E-state index in [1.54, 1.807) is 6.08 Å². The van der Waals surface area contributed by atoms with Crippen LogP contribution in [0.3, 0.4) is 0 Å². The zero-order chi connectivity index (χ0) is 7.11. The molecule has 1 atom stereocenters. The molecule has 1 N–H and O–H groups in total. The molecule has 0 aromatic heterocycles. The predicted molar refractivity (Wildman–Crippen MR) is 41.1 cm³/mol. The predicted octanol–water partition coefficient (Wildman–Crippen LogP) is 1.03. The fourth-order valence-electron chi connectivity index (χ4n) is 0.569. The second-order valence-electron chi connectivity index (χ2n) is 1.90. The van der Waals surface area contributed by atoms with E-state index in [2.05, 4.69) is 17.8 Å². The summed E-state index contributed by atoms with van der Waals surface area (Å²) >= 11 is 0. The Morgan fingerprint density at radius 2 is 2.56 bits per heavy atom.